The third-order valence-corrected chi connectivity index (χ3v) is 6.86. The van der Waals surface area contributed by atoms with Crippen LogP contribution in [-0.4, -0.2) is 69.4 Å². The van der Waals surface area contributed by atoms with Gasteiger partial charge >= 0.3 is 6.09 Å². The van der Waals surface area contributed by atoms with Gasteiger partial charge in [0.05, 0.1) is 11.5 Å². The molecule has 11 nitrogen and oxygen atoms in total. The normalized spacial score (nSPS) is 12.2. The molecule has 15 heteroatoms. The number of hydrogen-bond acceptors (Lipinski definition) is 8. The number of rotatable bonds is 12. The fourth-order valence-electron chi connectivity index (χ4n) is 2.82. The minimum atomic E-state index is -4.72. The summed E-state index contributed by atoms with van der Waals surface area (Å²) in [5.74, 6) is -4.59. The lowest BCUT2D eigenvalue weighted by Crippen LogP contribution is -2.49. The summed E-state index contributed by atoms with van der Waals surface area (Å²) in [4.78, 5) is 22.8. The number of carbonyl (C=O) groups excluding carboxylic acids is 2. The van der Waals surface area contributed by atoms with Crippen LogP contribution in [-0.2, 0) is 24.3 Å². The van der Waals surface area contributed by atoms with Crippen LogP contribution in [0.4, 0.5) is 13.6 Å². The van der Waals surface area contributed by atoms with E-state index in [1.54, 1.807) is 0 Å². The van der Waals surface area contributed by atoms with E-state index in [9.17, 15) is 26.8 Å². The molecule has 0 heterocycles. The first kappa shape index (κ1) is 29.2. The third-order valence-electron chi connectivity index (χ3n) is 4.66. The van der Waals surface area contributed by atoms with Crippen molar-refractivity contribution in [2.24, 2.45) is 0 Å². The molecule has 0 fully saturated rings. The van der Waals surface area contributed by atoms with Crippen LogP contribution in [0.3, 0.4) is 0 Å². The number of amides is 2. The van der Waals surface area contributed by atoms with E-state index in [0.29, 0.717) is 21.5 Å². The Hall–Kier alpha value is -3.04. The number of hydroxylamine groups is 1. The Balaban J connectivity index is 2.28. The summed E-state index contributed by atoms with van der Waals surface area (Å²) in [7, 11) is -3.32. The Labute approximate surface area is 210 Å². The van der Waals surface area contributed by atoms with Crippen LogP contribution in [0.15, 0.2) is 41.3 Å². The Morgan fingerprint density at radius 1 is 1.14 bits per heavy atom. The van der Waals surface area contributed by atoms with E-state index < -0.39 is 56.9 Å². The number of nitrogens with zero attached hydrogens (tertiary/aromatic N) is 1. The monoisotopic (exact) mass is 551 g/mol. The van der Waals surface area contributed by atoms with Gasteiger partial charge in [0.1, 0.15) is 18.4 Å². The largest absolute Gasteiger partial charge is 0.451 e. The molecule has 198 valence electrons. The Kier molecular flexibility index (Phi) is 10.8. The Bertz CT molecular complexity index is 1150. The number of hydrogen-bond donors (Lipinski definition) is 3. The lowest BCUT2D eigenvalue weighted by molar-refractivity contribution is -0.132. The average Bonchev–Trinajstić information content (AvgIpc) is 2.84. The summed E-state index contributed by atoms with van der Waals surface area (Å²) in [6.45, 7) is 0.358. The lowest BCUT2D eigenvalue weighted by atomic mass is 10.3. The molecule has 3 N–H and O–H groups in total. The Morgan fingerprint density at radius 3 is 2.31 bits per heavy atom. The number of sulfonamides is 1. The van der Waals surface area contributed by atoms with Gasteiger partial charge in [0.2, 0.25) is 10.0 Å². The SMILES string of the molecule is COCCOC(=O)NCCN([C@H](C)C(=O)NO)S(=O)(=O)c1cc(F)c(Oc2ccc(Cl)cc2)c(F)c1. The zero-order valence-electron chi connectivity index (χ0n) is 19.2. The van der Waals surface area contributed by atoms with Crippen molar-refractivity contribution in [3.05, 3.63) is 53.1 Å². The standard InChI is InChI=1S/C21H24ClF2N3O8S/c1-13(20(28)26-30)27(8-7-25-21(29)34-10-9-33-2)36(31,32)16-11-17(23)19(18(24)12-16)35-15-5-3-14(22)4-6-15/h3-6,11-13,30H,7-10H2,1-2H3,(H,25,29)(H,26,28)/t13-/m1/s1. The molecule has 2 rings (SSSR count). The molecular formula is C21H24ClF2N3O8S. The van der Waals surface area contributed by atoms with Crippen LogP contribution in [0.2, 0.25) is 5.02 Å². The topological polar surface area (TPSA) is 144 Å². The molecule has 2 amide bonds. The van der Waals surface area contributed by atoms with Crippen LogP contribution in [0, 0.1) is 11.6 Å². The fraction of sp³-hybridized carbons (Fsp3) is 0.333. The molecule has 2 aromatic rings. The van der Waals surface area contributed by atoms with Gasteiger partial charge in [0, 0.05) is 25.2 Å². The fourth-order valence-corrected chi connectivity index (χ4v) is 4.57. The number of methoxy groups -OCH3 is 1. The quantitative estimate of drug-likeness (QED) is 0.207. The molecule has 1 atom stereocenters. The molecule has 0 aliphatic rings. The number of nitrogens with one attached hydrogen (secondary N) is 2. The van der Waals surface area contributed by atoms with Gasteiger partial charge in [-0.2, -0.15) is 4.31 Å². The maximum absolute atomic E-state index is 14.7. The predicted molar refractivity (Wildman–Crippen MR) is 122 cm³/mol. The summed E-state index contributed by atoms with van der Waals surface area (Å²) in [6, 6.07) is 5.09. The molecule has 0 bridgehead atoms. The summed E-state index contributed by atoms with van der Waals surface area (Å²) in [6.07, 6.45) is -0.885. The van der Waals surface area contributed by atoms with Crippen molar-refractivity contribution in [3.8, 4) is 11.5 Å². The first-order chi connectivity index (χ1) is 17.0. The Morgan fingerprint density at radius 2 is 1.75 bits per heavy atom. The average molecular weight is 552 g/mol. The van der Waals surface area contributed by atoms with E-state index in [1.165, 1.54) is 36.9 Å². The van der Waals surface area contributed by atoms with E-state index in [2.05, 4.69) is 5.32 Å². The van der Waals surface area contributed by atoms with Crippen molar-refractivity contribution in [2.45, 2.75) is 17.9 Å². The number of alkyl carbamates (subject to hydrolysis) is 1. The van der Waals surface area contributed by atoms with Crippen molar-refractivity contribution < 1.29 is 46.2 Å². The molecule has 36 heavy (non-hydrogen) atoms. The highest BCUT2D eigenvalue weighted by molar-refractivity contribution is 7.89. The van der Waals surface area contributed by atoms with Crippen molar-refractivity contribution in [1.29, 1.82) is 0 Å². The van der Waals surface area contributed by atoms with Gasteiger partial charge in [0.15, 0.2) is 17.4 Å². The molecule has 0 unspecified atom stereocenters. The zero-order valence-corrected chi connectivity index (χ0v) is 20.7. The van der Waals surface area contributed by atoms with Crippen molar-refractivity contribution in [2.75, 3.05) is 33.4 Å². The van der Waals surface area contributed by atoms with E-state index >= 15 is 0 Å². The lowest BCUT2D eigenvalue weighted by Gasteiger charge is -2.27. The van der Waals surface area contributed by atoms with Crippen LogP contribution in [0.1, 0.15) is 6.92 Å². The second-order valence-corrected chi connectivity index (χ2v) is 9.42. The summed E-state index contributed by atoms with van der Waals surface area (Å²) in [5, 5.41) is 11.6. The van der Waals surface area contributed by atoms with Gasteiger partial charge in [-0.1, -0.05) is 11.6 Å². The van der Waals surface area contributed by atoms with Gasteiger partial charge in [0.25, 0.3) is 5.91 Å². The molecular weight excluding hydrogens is 528 g/mol. The van der Waals surface area contributed by atoms with E-state index in [0.717, 1.165) is 6.92 Å². The van der Waals surface area contributed by atoms with E-state index in [4.69, 9.17) is 31.0 Å². The molecule has 0 radical (unpaired) electrons. The van der Waals surface area contributed by atoms with Gasteiger partial charge < -0.3 is 19.5 Å². The summed E-state index contributed by atoms with van der Waals surface area (Å²) >= 11 is 5.76. The third kappa shape index (κ3) is 7.73. The zero-order chi connectivity index (χ0) is 26.9. The predicted octanol–water partition coefficient (Wildman–Crippen LogP) is 2.67. The van der Waals surface area contributed by atoms with Crippen molar-refractivity contribution >= 4 is 33.6 Å². The van der Waals surface area contributed by atoms with Gasteiger partial charge in [-0.25, -0.2) is 27.5 Å². The number of benzene rings is 2. The minimum absolute atomic E-state index is 0.0473. The number of ether oxygens (including phenoxy) is 3. The van der Waals surface area contributed by atoms with Crippen molar-refractivity contribution in [3.63, 3.8) is 0 Å². The molecule has 0 aliphatic heterocycles. The first-order valence-electron chi connectivity index (χ1n) is 10.3. The van der Waals surface area contributed by atoms with Crippen molar-refractivity contribution in [1.82, 2.24) is 15.1 Å². The van der Waals surface area contributed by atoms with Gasteiger partial charge in [-0.15, -0.1) is 0 Å². The molecule has 2 aromatic carbocycles. The smallest absolute Gasteiger partial charge is 0.407 e. The maximum Gasteiger partial charge on any atom is 0.407 e. The molecule has 0 spiro atoms. The molecule has 0 aromatic heterocycles. The second kappa shape index (κ2) is 13.3. The molecule has 0 saturated heterocycles. The highest BCUT2D eigenvalue weighted by Crippen LogP contribution is 2.31. The summed E-state index contributed by atoms with van der Waals surface area (Å²) < 4.78 is 71.1. The van der Waals surface area contributed by atoms with Crippen LogP contribution in [0.25, 0.3) is 0 Å². The van der Waals surface area contributed by atoms with Crippen LogP contribution >= 0.6 is 11.6 Å². The van der Waals surface area contributed by atoms with Crippen LogP contribution < -0.4 is 15.5 Å². The molecule has 0 aliphatic carbocycles. The highest BCUT2D eigenvalue weighted by atomic mass is 35.5. The summed E-state index contributed by atoms with van der Waals surface area (Å²) in [5.41, 5.74) is 1.32. The highest BCUT2D eigenvalue weighted by Gasteiger charge is 2.34. The van der Waals surface area contributed by atoms with E-state index in [1.807, 2.05) is 0 Å². The second-order valence-electron chi connectivity index (χ2n) is 7.10. The van der Waals surface area contributed by atoms with E-state index in [-0.39, 0.29) is 25.5 Å². The molecule has 0 saturated carbocycles. The number of carbonyl (C=O) groups is 2. The maximum atomic E-state index is 14.7. The number of halogens is 3. The first-order valence-corrected chi connectivity index (χ1v) is 12.1. The minimum Gasteiger partial charge on any atom is -0.451 e. The van der Waals surface area contributed by atoms with Gasteiger partial charge in [-0.3, -0.25) is 10.0 Å². The van der Waals surface area contributed by atoms with Crippen LogP contribution in [0.5, 0.6) is 11.5 Å². The van der Waals surface area contributed by atoms with Gasteiger partial charge in [-0.05, 0) is 43.3 Å².